The van der Waals surface area contributed by atoms with Gasteiger partial charge in [-0.2, -0.15) is 5.26 Å². The summed E-state index contributed by atoms with van der Waals surface area (Å²) in [6.45, 7) is 2.05. The fraction of sp³-hybridized carbons (Fsp3) is 0.130. The highest BCUT2D eigenvalue weighted by Gasteiger charge is 2.19. The van der Waals surface area contributed by atoms with E-state index in [2.05, 4.69) is 25.1 Å². The summed E-state index contributed by atoms with van der Waals surface area (Å²) in [5.74, 6) is -0.562. The van der Waals surface area contributed by atoms with E-state index in [4.69, 9.17) is 22.7 Å². The summed E-state index contributed by atoms with van der Waals surface area (Å²) in [6.07, 6.45) is 0.440. The largest absolute Gasteiger partial charge is 0.398 e. The third-order valence-electron chi connectivity index (χ3n) is 4.54. The van der Waals surface area contributed by atoms with E-state index in [1.165, 1.54) is 11.8 Å². The Hall–Kier alpha value is -2.74. The van der Waals surface area contributed by atoms with Crippen molar-refractivity contribution in [1.82, 2.24) is 0 Å². The lowest BCUT2D eigenvalue weighted by Gasteiger charge is -2.16. The van der Waals surface area contributed by atoms with Gasteiger partial charge >= 0.3 is 0 Å². The van der Waals surface area contributed by atoms with Gasteiger partial charge in [0, 0.05) is 15.6 Å². The van der Waals surface area contributed by atoms with Crippen LogP contribution in [0.2, 0.25) is 5.02 Å². The molecule has 0 saturated carbocycles. The van der Waals surface area contributed by atoms with Crippen molar-refractivity contribution in [1.29, 1.82) is 10.7 Å². The Morgan fingerprint density at radius 3 is 2.54 bits per heavy atom. The third-order valence-corrected chi connectivity index (χ3v) is 5.87. The van der Waals surface area contributed by atoms with Crippen molar-refractivity contribution in [2.75, 3.05) is 5.73 Å². The van der Waals surface area contributed by atoms with Crippen LogP contribution in [0.5, 0.6) is 0 Å². The number of rotatable bonds is 5. The zero-order valence-electron chi connectivity index (χ0n) is 15.4. The molecule has 0 aliphatic rings. The highest BCUT2D eigenvalue weighted by atomic mass is 35.5. The summed E-state index contributed by atoms with van der Waals surface area (Å²) < 4.78 is 0. The number of hydrogen-bond donors (Lipinski definition) is 2. The van der Waals surface area contributed by atoms with Crippen molar-refractivity contribution < 1.29 is 0 Å². The van der Waals surface area contributed by atoms with Crippen LogP contribution in [0.1, 0.15) is 11.1 Å². The summed E-state index contributed by atoms with van der Waals surface area (Å²) in [4.78, 5) is 0.794. The Morgan fingerprint density at radius 1 is 1.11 bits per heavy atom. The quantitative estimate of drug-likeness (QED) is 0.225. The number of nitrogens with one attached hydrogen (secondary N) is 1. The van der Waals surface area contributed by atoms with Crippen LogP contribution in [0, 0.1) is 29.6 Å². The van der Waals surface area contributed by atoms with Crippen molar-refractivity contribution in [2.45, 2.75) is 18.2 Å². The van der Waals surface area contributed by atoms with Crippen molar-refractivity contribution in [3.63, 3.8) is 0 Å². The highest BCUT2D eigenvalue weighted by molar-refractivity contribution is 8.14. The van der Waals surface area contributed by atoms with Gasteiger partial charge in [-0.1, -0.05) is 65.8 Å². The summed E-state index contributed by atoms with van der Waals surface area (Å²) in [7, 11) is 0. The summed E-state index contributed by atoms with van der Waals surface area (Å²) in [6, 6.07) is 23.5. The zero-order chi connectivity index (χ0) is 20.1. The average molecular weight is 406 g/mol. The lowest BCUT2D eigenvalue weighted by molar-refractivity contribution is 0.871. The minimum absolute atomic E-state index is 0.283. The molecule has 3 N–H and O–H groups in total. The molecule has 3 nitrogen and oxygen atoms in total. The highest BCUT2D eigenvalue weighted by Crippen LogP contribution is 2.33. The smallest absolute Gasteiger partial charge is 0.0982 e. The van der Waals surface area contributed by atoms with Crippen LogP contribution < -0.4 is 5.73 Å². The van der Waals surface area contributed by atoms with Crippen LogP contribution in [0.3, 0.4) is 0 Å². The topological polar surface area (TPSA) is 73.7 Å². The van der Waals surface area contributed by atoms with Crippen LogP contribution in [0.25, 0.3) is 11.1 Å². The molecule has 0 heterocycles. The molecular weight excluding hydrogens is 386 g/mol. The van der Waals surface area contributed by atoms with Crippen LogP contribution in [0.4, 0.5) is 5.69 Å². The van der Waals surface area contributed by atoms with Crippen molar-refractivity contribution in [3.8, 4) is 17.2 Å². The van der Waals surface area contributed by atoms with Gasteiger partial charge in [-0.25, -0.2) is 0 Å². The Kier molecular flexibility index (Phi) is 6.41. The number of nitrogens with two attached hydrogens (primary N) is 1. The Balaban J connectivity index is 1.90. The lowest BCUT2D eigenvalue weighted by atomic mass is 9.91. The number of halogens is 1. The fourth-order valence-corrected chi connectivity index (χ4v) is 4.05. The van der Waals surface area contributed by atoms with Gasteiger partial charge in [-0.3, -0.25) is 5.41 Å². The van der Waals surface area contributed by atoms with Gasteiger partial charge in [0.05, 0.1) is 17.0 Å². The summed E-state index contributed by atoms with van der Waals surface area (Å²) in [5, 5.41) is 19.1. The normalized spacial score (nSPS) is 11.6. The number of hydrogen-bond acceptors (Lipinski definition) is 4. The van der Waals surface area contributed by atoms with Crippen LogP contribution >= 0.6 is 23.4 Å². The van der Waals surface area contributed by atoms with Crippen LogP contribution in [0.15, 0.2) is 71.6 Å². The van der Waals surface area contributed by atoms with E-state index in [1.54, 1.807) is 6.07 Å². The first-order valence-corrected chi connectivity index (χ1v) is 10.0. The molecule has 0 spiro atoms. The molecule has 0 radical (unpaired) electrons. The molecule has 0 fully saturated rings. The average Bonchev–Trinajstić information content (AvgIpc) is 2.69. The maximum absolute atomic E-state index is 9.71. The standard InChI is InChI=1S/C23H20ClN3S/c1-15-6-2-3-7-19(15)20-13-18(24)11-10-16(20)12-17(14-25)23(27)28-22-9-5-4-8-21(22)26/h2-11,13,17,27H,12,26H2,1H3. The van der Waals surface area contributed by atoms with E-state index in [1.807, 2.05) is 48.5 Å². The number of nitrogen functional groups attached to an aromatic ring is 1. The molecule has 3 aromatic carbocycles. The van der Waals surface area contributed by atoms with Gasteiger partial charge < -0.3 is 5.73 Å². The molecular formula is C23H20ClN3S. The second kappa shape index (κ2) is 8.97. The molecule has 28 heavy (non-hydrogen) atoms. The van der Waals surface area contributed by atoms with Crippen molar-refractivity contribution >= 4 is 34.1 Å². The second-order valence-electron chi connectivity index (χ2n) is 6.51. The SMILES string of the molecule is Cc1ccccc1-c1cc(Cl)ccc1CC(C#N)C(=N)Sc1ccccc1N. The van der Waals surface area contributed by atoms with E-state index in [0.29, 0.717) is 17.1 Å². The number of thioether (sulfide) groups is 1. The third kappa shape index (κ3) is 4.56. The van der Waals surface area contributed by atoms with Crippen LogP contribution in [-0.4, -0.2) is 5.04 Å². The first kappa shape index (κ1) is 20.0. The second-order valence-corrected chi connectivity index (χ2v) is 8.03. The predicted molar refractivity (Wildman–Crippen MR) is 119 cm³/mol. The Labute approximate surface area is 174 Å². The maximum Gasteiger partial charge on any atom is 0.0982 e. The van der Waals surface area contributed by atoms with E-state index < -0.39 is 5.92 Å². The number of nitriles is 1. The van der Waals surface area contributed by atoms with Gasteiger partial charge in [0.1, 0.15) is 0 Å². The van der Waals surface area contributed by atoms with E-state index in [9.17, 15) is 5.26 Å². The van der Waals surface area contributed by atoms with Gasteiger partial charge in [0.25, 0.3) is 0 Å². The van der Waals surface area contributed by atoms with E-state index in [-0.39, 0.29) is 5.04 Å². The molecule has 0 aliphatic carbocycles. The van der Waals surface area contributed by atoms with Gasteiger partial charge in [-0.15, -0.1) is 0 Å². The minimum atomic E-state index is -0.562. The van der Waals surface area contributed by atoms with E-state index >= 15 is 0 Å². The molecule has 5 heteroatoms. The number of para-hydroxylation sites is 1. The minimum Gasteiger partial charge on any atom is -0.398 e. The number of aryl methyl sites for hydroxylation is 1. The molecule has 0 amide bonds. The number of benzene rings is 3. The molecule has 0 aliphatic heterocycles. The monoisotopic (exact) mass is 405 g/mol. The number of nitrogens with zero attached hydrogens (tertiary/aromatic N) is 1. The van der Waals surface area contributed by atoms with Gasteiger partial charge in [0.2, 0.25) is 0 Å². The van der Waals surface area contributed by atoms with Crippen molar-refractivity contribution in [3.05, 3.63) is 82.9 Å². The molecule has 0 aromatic heterocycles. The first-order valence-electron chi connectivity index (χ1n) is 8.84. The number of anilines is 1. The van der Waals surface area contributed by atoms with Gasteiger partial charge in [-0.05, 0) is 59.9 Å². The van der Waals surface area contributed by atoms with Crippen molar-refractivity contribution in [2.24, 2.45) is 5.92 Å². The molecule has 0 saturated heterocycles. The Bertz CT molecular complexity index is 1060. The molecule has 0 bridgehead atoms. The maximum atomic E-state index is 9.71. The summed E-state index contributed by atoms with van der Waals surface area (Å²) in [5.41, 5.74) is 10.8. The lowest BCUT2D eigenvalue weighted by Crippen LogP contribution is -2.12. The molecule has 3 aromatic rings. The van der Waals surface area contributed by atoms with Gasteiger partial charge in [0.15, 0.2) is 0 Å². The molecule has 1 atom stereocenters. The van der Waals surface area contributed by atoms with E-state index in [0.717, 1.165) is 27.1 Å². The zero-order valence-corrected chi connectivity index (χ0v) is 17.0. The molecule has 1 unspecified atom stereocenters. The fourth-order valence-electron chi connectivity index (χ4n) is 3.03. The predicted octanol–water partition coefficient (Wildman–Crippen LogP) is 6.35. The first-order chi connectivity index (χ1) is 13.5. The Morgan fingerprint density at radius 2 is 1.82 bits per heavy atom. The molecule has 3 rings (SSSR count). The van der Waals surface area contributed by atoms with Crippen LogP contribution in [-0.2, 0) is 6.42 Å². The summed E-state index contributed by atoms with van der Waals surface area (Å²) >= 11 is 7.49. The molecule has 140 valence electrons.